The average molecular weight is 1080 g/mol. The number of aryl methyl sites for hydroxylation is 4. The Morgan fingerprint density at radius 1 is 0.305 bits per heavy atom. The SMILES string of the molecule is Cc1ccccc1-c1ccc2c(c1)c1cc(-c3ccccc3C)ccc1n2-c1cc(C#N)ccc1-c1ccc(-c2cc(C(F)(F)F)cc(C(F)(F)F)c2)cc1-n1c2ccc(-c3ccccc3C)cc2c2cc(-c3ccccc3C)ccc21. The zero-order valence-electron chi connectivity index (χ0n) is 45.0. The van der Waals surface area contributed by atoms with Gasteiger partial charge in [-0.2, -0.15) is 31.6 Å². The van der Waals surface area contributed by atoms with Gasteiger partial charge in [0.15, 0.2) is 0 Å². The number of rotatable bonds is 8. The topological polar surface area (TPSA) is 33.6 Å². The minimum absolute atomic E-state index is 0.137. The van der Waals surface area contributed by atoms with Gasteiger partial charge in [-0.05, 0) is 191 Å². The number of nitrogens with zero attached hydrogens (tertiary/aromatic N) is 3. The lowest BCUT2D eigenvalue weighted by Gasteiger charge is -2.21. The minimum atomic E-state index is -5.07. The van der Waals surface area contributed by atoms with Crippen LogP contribution in [0.4, 0.5) is 26.3 Å². The van der Waals surface area contributed by atoms with E-state index in [1.807, 2.05) is 72.8 Å². The third-order valence-electron chi connectivity index (χ3n) is 16.2. The molecule has 398 valence electrons. The third-order valence-corrected chi connectivity index (χ3v) is 16.2. The van der Waals surface area contributed by atoms with E-state index in [2.05, 4.69) is 152 Å². The lowest BCUT2D eigenvalue weighted by Crippen LogP contribution is -2.11. The van der Waals surface area contributed by atoms with Crippen LogP contribution >= 0.6 is 0 Å². The van der Waals surface area contributed by atoms with Crippen LogP contribution in [0.3, 0.4) is 0 Å². The van der Waals surface area contributed by atoms with Crippen LogP contribution in [0.5, 0.6) is 0 Å². The molecule has 0 bridgehead atoms. The van der Waals surface area contributed by atoms with E-state index in [1.54, 1.807) is 24.3 Å². The number of aromatic nitrogens is 2. The highest BCUT2D eigenvalue weighted by Crippen LogP contribution is 2.47. The predicted molar refractivity (Wildman–Crippen MR) is 321 cm³/mol. The molecule has 0 saturated heterocycles. The van der Waals surface area contributed by atoms with Crippen LogP contribution in [-0.2, 0) is 12.4 Å². The van der Waals surface area contributed by atoms with Gasteiger partial charge in [0, 0.05) is 32.7 Å². The first-order chi connectivity index (χ1) is 39.5. The van der Waals surface area contributed by atoms with E-state index >= 15 is 0 Å². The smallest absolute Gasteiger partial charge is 0.309 e. The maximum atomic E-state index is 14.7. The molecule has 13 aromatic rings. The molecule has 9 heteroatoms. The van der Waals surface area contributed by atoms with Crippen molar-refractivity contribution >= 4 is 43.6 Å². The maximum absolute atomic E-state index is 14.7. The number of benzene rings is 11. The highest BCUT2D eigenvalue weighted by atomic mass is 19.4. The Bertz CT molecular complexity index is 4560. The lowest BCUT2D eigenvalue weighted by atomic mass is 9.94. The summed E-state index contributed by atoms with van der Waals surface area (Å²) in [6.07, 6.45) is -10.1. The van der Waals surface area contributed by atoms with Gasteiger partial charge in [-0.25, -0.2) is 0 Å². The summed E-state index contributed by atoms with van der Waals surface area (Å²) in [6, 6.07) is 72.8. The van der Waals surface area contributed by atoms with Crippen LogP contribution in [0.25, 0.3) is 122 Å². The fraction of sp³-hybridized carbons (Fsp3) is 0.0822. The van der Waals surface area contributed by atoms with Gasteiger partial charge >= 0.3 is 12.4 Å². The van der Waals surface area contributed by atoms with E-state index in [1.165, 1.54) is 0 Å². The second-order valence-electron chi connectivity index (χ2n) is 21.2. The molecule has 0 spiro atoms. The molecule has 0 aliphatic carbocycles. The Balaban J connectivity index is 1.14. The van der Waals surface area contributed by atoms with Crippen molar-refractivity contribution < 1.29 is 26.3 Å². The monoisotopic (exact) mass is 1080 g/mol. The van der Waals surface area contributed by atoms with Crippen molar-refractivity contribution in [2.24, 2.45) is 0 Å². The quantitative estimate of drug-likeness (QED) is 0.140. The highest BCUT2D eigenvalue weighted by Gasteiger charge is 2.37. The van der Waals surface area contributed by atoms with Crippen molar-refractivity contribution in [3.8, 4) is 84.2 Å². The number of halogens is 6. The molecule has 0 atom stereocenters. The number of alkyl halides is 6. The van der Waals surface area contributed by atoms with Crippen LogP contribution in [0.15, 0.2) is 224 Å². The summed E-state index contributed by atoms with van der Waals surface area (Å²) in [6.45, 7) is 8.31. The summed E-state index contributed by atoms with van der Waals surface area (Å²) in [7, 11) is 0. The summed E-state index contributed by atoms with van der Waals surface area (Å²) in [5.41, 5.74) is 15.7. The molecule has 0 radical (unpaired) electrons. The van der Waals surface area contributed by atoms with Gasteiger partial charge in [0.1, 0.15) is 0 Å². The van der Waals surface area contributed by atoms with Gasteiger partial charge in [0.2, 0.25) is 0 Å². The molecule has 2 aromatic heterocycles. The predicted octanol–water partition coefficient (Wildman–Crippen LogP) is 21.0. The largest absolute Gasteiger partial charge is 0.416 e. The Hall–Kier alpha value is -9.91. The van der Waals surface area contributed by atoms with Crippen molar-refractivity contribution in [3.05, 3.63) is 263 Å². The summed E-state index contributed by atoms with van der Waals surface area (Å²) >= 11 is 0. The molecular formula is C73H49F6N3. The molecule has 0 saturated carbocycles. The Morgan fingerprint density at radius 2 is 0.622 bits per heavy atom. The summed E-state index contributed by atoms with van der Waals surface area (Å²) in [4.78, 5) is 0. The standard InChI is InChI=1S/C73H49F6N3/c1-43-13-5-9-17-56(43)49-23-29-66-62(36-49)63-37-50(57-18-10-6-14-44(57)2)24-30-67(63)81(66)70-33-47(42-80)21-27-60(70)61-28-22-48(53-34-54(72(74,75)76)41-55(35-53)73(77,78)79)40-71(61)82-68-31-25-51(58-19-11-7-15-45(58)3)38-64(68)65-39-52(26-32-69(65)82)59-20-12-8-16-46(59)4/h5-41H,1-4H3. The molecule has 0 N–H and O–H groups in total. The highest BCUT2D eigenvalue weighted by molar-refractivity contribution is 6.14. The van der Waals surface area contributed by atoms with E-state index < -0.39 is 23.5 Å². The van der Waals surface area contributed by atoms with Crippen molar-refractivity contribution in [2.75, 3.05) is 0 Å². The number of fused-ring (bicyclic) bond motifs is 6. The first-order valence-electron chi connectivity index (χ1n) is 26.9. The summed E-state index contributed by atoms with van der Waals surface area (Å²) in [5, 5.41) is 14.4. The molecular weight excluding hydrogens is 1030 g/mol. The van der Waals surface area contributed by atoms with E-state index in [0.717, 1.165) is 123 Å². The first-order valence-corrected chi connectivity index (χ1v) is 26.9. The van der Waals surface area contributed by atoms with Gasteiger partial charge in [-0.15, -0.1) is 0 Å². The first kappa shape index (κ1) is 51.5. The Labute approximate surface area is 469 Å². The molecule has 0 amide bonds. The fourth-order valence-corrected chi connectivity index (χ4v) is 12.1. The van der Waals surface area contributed by atoms with Crippen LogP contribution in [0, 0.1) is 39.0 Å². The summed E-state index contributed by atoms with van der Waals surface area (Å²) < 4.78 is 92.2. The van der Waals surface area contributed by atoms with Crippen molar-refractivity contribution in [1.29, 1.82) is 5.26 Å². The molecule has 11 aromatic carbocycles. The van der Waals surface area contributed by atoms with E-state index in [4.69, 9.17) is 0 Å². The van der Waals surface area contributed by atoms with Gasteiger partial charge in [0.25, 0.3) is 0 Å². The van der Waals surface area contributed by atoms with Crippen LogP contribution in [0.2, 0.25) is 0 Å². The molecule has 0 aliphatic rings. The molecule has 0 aliphatic heterocycles. The normalized spacial score (nSPS) is 12.0. The van der Waals surface area contributed by atoms with E-state index in [-0.39, 0.29) is 17.2 Å². The van der Waals surface area contributed by atoms with Gasteiger partial charge in [-0.1, -0.05) is 140 Å². The van der Waals surface area contributed by atoms with Crippen molar-refractivity contribution in [2.45, 2.75) is 40.0 Å². The molecule has 3 nitrogen and oxygen atoms in total. The molecule has 0 fully saturated rings. The zero-order valence-corrected chi connectivity index (χ0v) is 45.0. The average Bonchev–Trinajstić information content (AvgIpc) is 4.16. The fourth-order valence-electron chi connectivity index (χ4n) is 12.1. The van der Waals surface area contributed by atoms with Gasteiger partial charge in [-0.3, -0.25) is 0 Å². The number of hydrogen-bond acceptors (Lipinski definition) is 1. The minimum Gasteiger partial charge on any atom is -0.309 e. The third kappa shape index (κ3) is 8.88. The van der Waals surface area contributed by atoms with E-state index in [0.29, 0.717) is 28.1 Å². The molecule has 2 heterocycles. The van der Waals surface area contributed by atoms with Crippen molar-refractivity contribution in [1.82, 2.24) is 9.13 Å². The Morgan fingerprint density at radius 3 is 0.951 bits per heavy atom. The molecule has 82 heavy (non-hydrogen) atoms. The zero-order chi connectivity index (χ0) is 56.8. The van der Waals surface area contributed by atoms with Crippen LogP contribution in [0.1, 0.15) is 38.9 Å². The molecule has 13 rings (SSSR count). The van der Waals surface area contributed by atoms with E-state index in [9.17, 15) is 31.6 Å². The van der Waals surface area contributed by atoms with Gasteiger partial charge in [0.05, 0.1) is 56.2 Å². The Kier molecular flexibility index (Phi) is 12.4. The number of hydrogen-bond donors (Lipinski definition) is 0. The number of nitriles is 1. The molecule has 0 unspecified atom stereocenters. The lowest BCUT2D eigenvalue weighted by molar-refractivity contribution is -0.143. The maximum Gasteiger partial charge on any atom is 0.416 e. The van der Waals surface area contributed by atoms with Crippen LogP contribution < -0.4 is 0 Å². The second kappa shape index (κ2) is 19.7. The van der Waals surface area contributed by atoms with Gasteiger partial charge < -0.3 is 9.13 Å². The van der Waals surface area contributed by atoms with Crippen LogP contribution in [-0.4, -0.2) is 9.13 Å². The second-order valence-corrected chi connectivity index (χ2v) is 21.2. The van der Waals surface area contributed by atoms with Crippen molar-refractivity contribution in [3.63, 3.8) is 0 Å². The summed E-state index contributed by atoms with van der Waals surface area (Å²) in [5.74, 6) is 0.